The third-order valence-electron chi connectivity index (χ3n) is 5.89. The van der Waals surface area contributed by atoms with E-state index in [2.05, 4.69) is 20.3 Å². The Balaban J connectivity index is 1.28. The highest BCUT2D eigenvalue weighted by atomic mass is 19.1. The van der Waals surface area contributed by atoms with E-state index in [0.29, 0.717) is 24.3 Å². The molecular weight excluding hydrogens is 405 g/mol. The highest BCUT2D eigenvalue weighted by molar-refractivity contribution is 5.76. The van der Waals surface area contributed by atoms with Gasteiger partial charge in [-0.25, -0.2) is 9.37 Å². The van der Waals surface area contributed by atoms with Crippen LogP contribution in [0.3, 0.4) is 0 Å². The molecule has 1 fully saturated rings. The second-order valence-corrected chi connectivity index (χ2v) is 8.30. The number of aromatic nitrogens is 3. The molecule has 1 amide bonds. The second kappa shape index (κ2) is 10.3. The molecule has 32 heavy (non-hydrogen) atoms. The zero-order chi connectivity index (χ0) is 22.3. The van der Waals surface area contributed by atoms with Gasteiger partial charge in [-0.1, -0.05) is 12.1 Å². The number of carbonyl (C=O) groups is 1. The molecule has 1 aliphatic heterocycles. The van der Waals surface area contributed by atoms with Crippen LogP contribution in [0.5, 0.6) is 0 Å². The van der Waals surface area contributed by atoms with Gasteiger partial charge in [-0.05, 0) is 61.9 Å². The average molecular weight is 434 g/mol. The monoisotopic (exact) mass is 433 g/mol. The minimum absolute atomic E-state index is 0.185. The molecule has 3 aromatic rings. The van der Waals surface area contributed by atoms with Crippen molar-refractivity contribution < 1.29 is 9.18 Å². The van der Waals surface area contributed by atoms with Crippen LogP contribution in [0.1, 0.15) is 48.4 Å². The molecule has 0 aliphatic carbocycles. The number of halogens is 1. The van der Waals surface area contributed by atoms with E-state index in [9.17, 15) is 9.18 Å². The number of carbonyl (C=O) groups excluding carboxylic acids is 1. The molecule has 166 valence electrons. The van der Waals surface area contributed by atoms with Crippen molar-refractivity contribution in [1.82, 2.24) is 19.9 Å². The summed E-state index contributed by atoms with van der Waals surface area (Å²) in [4.78, 5) is 27.6. The minimum atomic E-state index is -0.185. The van der Waals surface area contributed by atoms with Gasteiger partial charge in [0.25, 0.3) is 0 Å². The summed E-state index contributed by atoms with van der Waals surface area (Å²) in [7, 11) is 0. The first-order chi connectivity index (χ1) is 15.6. The molecule has 0 spiro atoms. The Morgan fingerprint density at radius 3 is 2.84 bits per heavy atom. The Morgan fingerprint density at radius 2 is 2.09 bits per heavy atom. The van der Waals surface area contributed by atoms with Crippen LogP contribution < -0.4 is 5.32 Å². The Morgan fingerprint density at radius 1 is 1.19 bits per heavy atom. The van der Waals surface area contributed by atoms with Gasteiger partial charge in [-0.2, -0.15) is 0 Å². The molecule has 1 aliphatic rings. The van der Waals surface area contributed by atoms with Gasteiger partial charge in [-0.15, -0.1) is 0 Å². The Labute approximate surface area is 187 Å². The van der Waals surface area contributed by atoms with Crippen LogP contribution >= 0.6 is 0 Å². The van der Waals surface area contributed by atoms with Crippen LogP contribution in [-0.2, 0) is 11.2 Å². The lowest BCUT2D eigenvalue weighted by atomic mass is 9.93. The summed E-state index contributed by atoms with van der Waals surface area (Å²) < 4.78 is 13.4. The molecule has 1 aromatic carbocycles. The van der Waals surface area contributed by atoms with E-state index < -0.39 is 0 Å². The van der Waals surface area contributed by atoms with Crippen molar-refractivity contribution in [2.75, 3.05) is 18.4 Å². The van der Waals surface area contributed by atoms with Crippen molar-refractivity contribution >= 4 is 17.4 Å². The number of hydrogen-bond donors (Lipinski definition) is 1. The lowest BCUT2D eigenvalue weighted by molar-refractivity contribution is -0.132. The molecule has 1 N–H and O–H groups in total. The fraction of sp³-hybridized carbons (Fsp3) is 0.360. The van der Waals surface area contributed by atoms with Gasteiger partial charge >= 0.3 is 0 Å². The minimum Gasteiger partial charge on any atom is -0.342 e. The predicted molar refractivity (Wildman–Crippen MR) is 122 cm³/mol. The van der Waals surface area contributed by atoms with Crippen molar-refractivity contribution in [2.45, 2.75) is 44.9 Å². The summed E-state index contributed by atoms with van der Waals surface area (Å²) in [6.07, 6.45) is 10.8. The van der Waals surface area contributed by atoms with Crippen LogP contribution in [0.25, 0.3) is 0 Å². The fourth-order valence-corrected chi connectivity index (χ4v) is 4.14. The average Bonchev–Trinajstić information content (AvgIpc) is 2.82. The number of nitrogens with one attached hydrogen (secondary N) is 1. The van der Waals surface area contributed by atoms with Crippen molar-refractivity contribution in [3.8, 4) is 0 Å². The van der Waals surface area contributed by atoms with Gasteiger partial charge in [0.05, 0.1) is 18.1 Å². The van der Waals surface area contributed by atoms with E-state index in [1.54, 1.807) is 37.8 Å². The maximum absolute atomic E-state index is 13.4. The maximum Gasteiger partial charge on any atom is 0.222 e. The van der Waals surface area contributed by atoms with Crippen LogP contribution in [0, 0.1) is 12.7 Å². The van der Waals surface area contributed by atoms with Gasteiger partial charge in [0.15, 0.2) is 0 Å². The SMILES string of the molecule is Cc1cc(CCCC(=O)N2CCC[C@@H](c3ccc(Nc4cnccn4)cn3)C2)ccc1F. The number of benzene rings is 1. The summed E-state index contributed by atoms with van der Waals surface area (Å²) in [5.74, 6) is 0.926. The predicted octanol–water partition coefficient (Wildman–Crippen LogP) is 4.79. The van der Waals surface area contributed by atoms with Crippen molar-refractivity contribution in [1.29, 1.82) is 0 Å². The van der Waals surface area contributed by atoms with Gasteiger partial charge in [0.1, 0.15) is 11.6 Å². The Hall–Kier alpha value is -3.35. The topological polar surface area (TPSA) is 71.0 Å². The Kier molecular flexibility index (Phi) is 7.04. The standard InChI is InChI=1S/C25H28FN5O/c1-18-14-19(7-9-22(18)26)4-2-6-25(32)31-13-3-5-20(17-31)23-10-8-21(15-29-23)30-24-16-27-11-12-28-24/h7-12,14-16,20H,2-6,13,17H2,1H3,(H,28,30)/t20-/m1/s1. The number of rotatable bonds is 7. The molecule has 7 heteroatoms. The van der Waals surface area contributed by atoms with Crippen LogP contribution in [0.15, 0.2) is 55.1 Å². The lowest BCUT2D eigenvalue weighted by Crippen LogP contribution is -2.39. The first-order valence-corrected chi connectivity index (χ1v) is 11.1. The smallest absolute Gasteiger partial charge is 0.222 e. The second-order valence-electron chi connectivity index (χ2n) is 8.30. The molecule has 0 radical (unpaired) electrons. The van der Waals surface area contributed by atoms with Gasteiger partial charge in [-0.3, -0.25) is 14.8 Å². The first-order valence-electron chi connectivity index (χ1n) is 11.1. The number of pyridine rings is 1. The molecule has 3 heterocycles. The third-order valence-corrected chi connectivity index (χ3v) is 5.89. The first kappa shape index (κ1) is 21.9. The molecule has 2 aromatic heterocycles. The summed E-state index contributed by atoms with van der Waals surface area (Å²) in [6, 6.07) is 9.18. The summed E-state index contributed by atoms with van der Waals surface area (Å²) >= 11 is 0. The molecular formula is C25H28FN5O. The van der Waals surface area contributed by atoms with Crippen LogP contribution in [0.2, 0.25) is 0 Å². The van der Waals surface area contributed by atoms with E-state index in [-0.39, 0.29) is 17.6 Å². The molecule has 0 unspecified atom stereocenters. The number of likely N-dealkylation sites (tertiary alicyclic amines) is 1. The molecule has 4 rings (SSSR count). The molecule has 0 bridgehead atoms. The number of hydrogen-bond acceptors (Lipinski definition) is 5. The van der Waals surface area contributed by atoms with Gasteiger partial charge in [0, 0.05) is 43.5 Å². The summed E-state index contributed by atoms with van der Waals surface area (Å²) in [6.45, 7) is 3.28. The van der Waals surface area contributed by atoms with Crippen LogP contribution in [-0.4, -0.2) is 38.8 Å². The number of amides is 1. The Bertz CT molecular complexity index is 1040. The van der Waals surface area contributed by atoms with E-state index in [4.69, 9.17) is 0 Å². The van der Waals surface area contributed by atoms with Crippen molar-refractivity contribution in [2.24, 2.45) is 0 Å². The number of anilines is 2. The quantitative estimate of drug-likeness (QED) is 0.580. The van der Waals surface area contributed by atoms with Gasteiger partial charge in [0.2, 0.25) is 5.91 Å². The molecule has 1 atom stereocenters. The maximum atomic E-state index is 13.4. The zero-order valence-electron chi connectivity index (χ0n) is 18.3. The number of piperidine rings is 1. The van der Waals surface area contributed by atoms with Crippen LogP contribution in [0.4, 0.5) is 15.9 Å². The van der Waals surface area contributed by atoms with E-state index in [1.165, 1.54) is 6.07 Å². The number of nitrogens with zero attached hydrogens (tertiary/aromatic N) is 4. The normalized spacial score (nSPS) is 16.1. The fourth-order valence-electron chi connectivity index (χ4n) is 4.14. The third kappa shape index (κ3) is 5.66. The summed E-state index contributed by atoms with van der Waals surface area (Å²) in [5.41, 5.74) is 3.59. The lowest BCUT2D eigenvalue weighted by Gasteiger charge is -2.32. The van der Waals surface area contributed by atoms with Gasteiger partial charge < -0.3 is 10.2 Å². The van der Waals surface area contributed by atoms with E-state index in [1.807, 2.05) is 23.1 Å². The highest BCUT2D eigenvalue weighted by Gasteiger charge is 2.25. The van der Waals surface area contributed by atoms with E-state index in [0.717, 1.165) is 49.2 Å². The summed E-state index contributed by atoms with van der Waals surface area (Å²) in [5, 5.41) is 3.18. The highest BCUT2D eigenvalue weighted by Crippen LogP contribution is 2.27. The molecule has 0 saturated carbocycles. The van der Waals surface area contributed by atoms with Crippen molar-refractivity contribution in [3.63, 3.8) is 0 Å². The van der Waals surface area contributed by atoms with Crippen molar-refractivity contribution in [3.05, 3.63) is 77.8 Å². The largest absolute Gasteiger partial charge is 0.342 e. The zero-order valence-corrected chi connectivity index (χ0v) is 18.3. The van der Waals surface area contributed by atoms with E-state index >= 15 is 0 Å². The number of aryl methyl sites for hydroxylation is 2. The molecule has 6 nitrogen and oxygen atoms in total. The molecule has 1 saturated heterocycles.